The number of Topliss-reactive ketones (excluding diaryl/α,β-unsaturated/α-hetero) is 1. The van der Waals surface area contributed by atoms with Gasteiger partial charge in [0.05, 0.1) is 6.54 Å². The standard InChI is InChI=1S/C4H4N2OS/c7-2-1-5-4-6-3(2)8-4/h4-5H,1H2. The van der Waals surface area contributed by atoms with Crippen LogP contribution in [0.3, 0.4) is 0 Å². The normalized spacial score (nSPS) is 33.8. The number of aliphatic imine (C=N–C) groups is 1. The molecule has 2 bridgehead atoms. The summed E-state index contributed by atoms with van der Waals surface area (Å²) in [6.45, 7) is 0.483. The zero-order valence-electron chi connectivity index (χ0n) is 4.05. The van der Waals surface area contributed by atoms with E-state index in [0.717, 1.165) is 0 Å². The Labute approximate surface area is 50.6 Å². The Balaban J connectivity index is 2.32. The fourth-order valence-corrected chi connectivity index (χ4v) is 1.45. The first kappa shape index (κ1) is 4.52. The SMILES string of the molecule is O=C1CNC2N=C1S2. The van der Waals surface area contributed by atoms with Crippen LogP contribution in [0.2, 0.25) is 0 Å². The largest absolute Gasteiger partial charge is 0.290 e. The van der Waals surface area contributed by atoms with Crippen molar-refractivity contribution < 1.29 is 4.79 Å². The lowest BCUT2D eigenvalue weighted by atomic mass is 10.4. The molecule has 4 heteroatoms. The summed E-state index contributed by atoms with van der Waals surface area (Å²) in [7, 11) is 0. The number of hydrogen-bond donors (Lipinski definition) is 1. The number of carbonyl (C=O) groups is 1. The summed E-state index contributed by atoms with van der Waals surface area (Å²) in [5.74, 6) is 0.137. The minimum Gasteiger partial charge on any atom is -0.290 e. The van der Waals surface area contributed by atoms with Crippen molar-refractivity contribution in [2.75, 3.05) is 6.54 Å². The molecular formula is C4H4N2OS. The predicted octanol–water partition coefficient (Wildman–Crippen LogP) is -0.412. The quantitative estimate of drug-likeness (QED) is 0.482. The first-order valence-electron chi connectivity index (χ1n) is 2.37. The third kappa shape index (κ3) is 0.441. The van der Waals surface area contributed by atoms with Gasteiger partial charge in [0.25, 0.3) is 0 Å². The summed E-state index contributed by atoms with van der Waals surface area (Å²) in [5.41, 5.74) is 0.197. The number of fused-ring (bicyclic) bond motifs is 2. The van der Waals surface area contributed by atoms with E-state index in [0.29, 0.717) is 11.6 Å². The number of nitrogens with one attached hydrogen (secondary N) is 1. The highest BCUT2D eigenvalue weighted by Crippen LogP contribution is 2.26. The third-order valence-corrected chi connectivity index (χ3v) is 2.19. The minimum atomic E-state index is 0.137. The molecule has 3 heterocycles. The fourth-order valence-electron chi connectivity index (χ4n) is 0.701. The summed E-state index contributed by atoms with van der Waals surface area (Å²) >= 11 is 1.51. The lowest BCUT2D eigenvalue weighted by Gasteiger charge is -2.28. The van der Waals surface area contributed by atoms with Crippen molar-refractivity contribution in [1.29, 1.82) is 0 Å². The molecule has 0 aromatic carbocycles. The zero-order valence-corrected chi connectivity index (χ0v) is 4.86. The van der Waals surface area contributed by atoms with Crippen LogP contribution in [0.5, 0.6) is 0 Å². The molecule has 3 aliphatic heterocycles. The monoisotopic (exact) mass is 128 g/mol. The molecule has 3 rings (SSSR count). The molecule has 0 saturated carbocycles. The average Bonchev–Trinajstić information content (AvgIpc) is 1.62. The van der Waals surface area contributed by atoms with Crippen molar-refractivity contribution in [3.05, 3.63) is 0 Å². The highest BCUT2D eigenvalue weighted by molar-refractivity contribution is 8.17. The number of carbonyl (C=O) groups excluding carboxylic acids is 1. The van der Waals surface area contributed by atoms with Crippen molar-refractivity contribution in [3.63, 3.8) is 0 Å². The van der Waals surface area contributed by atoms with Gasteiger partial charge in [0.15, 0.2) is 5.50 Å². The van der Waals surface area contributed by atoms with Gasteiger partial charge in [-0.05, 0) is 0 Å². The maximum atomic E-state index is 10.6. The summed E-state index contributed by atoms with van der Waals surface area (Å²) in [6, 6.07) is 0. The molecule has 1 fully saturated rings. The second-order valence-electron chi connectivity index (χ2n) is 1.71. The number of rotatable bonds is 0. The Morgan fingerprint density at radius 2 is 2.62 bits per heavy atom. The van der Waals surface area contributed by atoms with Gasteiger partial charge in [-0.15, -0.1) is 0 Å². The van der Waals surface area contributed by atoms with Gasteiger partial charge in [-0.25, -0.2) is 4.99 Å². The molecule has 0 aromatic heterocycles. The molecule has 1 unspecified atom stereocenters. The van der Waals surface area contributed by atoms with Crippen LogP contribution in [0.1, 0.15) is 0 Å². The maximum Gasteiger partial charge on any atom is 0.201 e. The van der Waals surface area contributed by atoms with E-state index in [9.17, 15) is 4.79 Å². The Morgan fingerprint density at radius 1 is 1.88 bits per heavy atom. The minimum absolute atomic E-state index is 0.137. The maximum absolute atomic E-state index is 10.6. The van der Waals surface area contributed by atoms with Crippen molar-refractivity contribution in [3.8, 4) is 0 Å². The topological polar surface area (TPSA) is 41.5 Å². The molecule has 3 nitrogen and oxygen atoms in total. The van der Waals surface area contributed by atoms with Crippen LogP contribution in [0, 0.1) is 0 Å². The Hall–Kier alpha value is -0.350. The van der Waals surface area contributed by atoms with Crippen LogP contribution in [-0.2, 0) is 4.79 Å². The average molecular weight is 128 g/mol. The molecular weight excluding hydrogens is 124 g/mol. The number of nitrogens with zero attached hydrogens (tertiary/aromatic N) is 1. The van der Waals surface area contributed by atoms with Gasteiger partial charge in [-0.2, -0.15) is 0 Å². The van der Waals surface area contributed by atoms with Crippen LogP contribution in [0.15, 0.2) is 4.99 Å². The predicted molar refractivity (Wildman–Crippen MR) is 31.8 cm³/mol. The van der Waals surface area contributed by atoms with Crippen molar-refractivity contribution in [2.45, 2.75) is 5.50 Å². The molecule has 3 aliphatic rings. The van der Waals surface area contributed by atoms with E-state index in [1.54, 1.807) is 0 Å². The summed E-state index contributed by atoms with van der Waals surface area (Å²) < 4.78 is 0. The van der Waals surface area contributed by atoms with Gasteiger partial charge in [0.2, 0.25) is 5.78 Å². The number of thioether (sulfide) groups is 1. The molecule has 0 spiro atoms. The van der Waals surface area contributed by atoms with Gasteiger partial charge in [0, 0.05) is 0 Å². The van der Waals surface area contributed by atoms with Crippen LogP contribution in [0.25, 0.3) is 0 Å². The van der Waals surface area contributed by atoms with E-state index < -0.39 is 0 Å². The van der Waals surface area contributed by atoms with Gasteiger partial charge in [-0.1, -0.05) is 11.8 Å². The van der Waals surface area contributed by atoms with E-state index in [1.807, 2.05) is 0 Å². The summed E-state index contributed by atoms with van der Waals surface area (Å²) in [4.78, 5) is 14.5. The van der Waals surface area contributed by atoms with E-state index in [-0.39, 0.29) is 11.3 Å². The van der Waals surface area contributed by atoms with Crippen molar-refractivity contribution in [2.24, 2.45) is 4.99 Å². The Morgan fingerprint density at radius 3 is 2.88 bits per heavy atom. The van der Waals surface area contributed by atoms with Crippen molar-refractivity contribution in [1.82, 2.24) is 5.32 Å². The van der Waals surface area contributed by atoms with Crippen LogP contribution < -0.4 is 5.32 Å². The third-order valence-electron chi connectivity index (χ3n) is 1.13. The molecule has 1 saturated heterocycles. The second kappa shape index (κ2) is 1.33. The molecule has 0 aromatic rings. The second-order valence-corrected chi connectivity index (χ2v) is 2.78. The van der Waals surface area contributed by atoms with Gasteiger partial charge in [0.1, 0.15) is 5.04 Å². The van der Waals surface area contributed by atoms with Gasteiger partial charge < -0.3 is 0 Å². The highest BCUT2D eigenvalue weighted by atomic mass is 32.2. The van der Waals surface area contributed by atoms with Crippen molar-refractivity contribution >= 4 is 22.6 Å². The zero-order chi connectivity index (χ0) is 5.56. The molecule has 0 radical (unpaired) electrons. The van der Waals surface area contributed by atoms with E-state index in [2.05, 4.69) is 10.3 Å². The van der Waals surface area contributed by atoms with E-state index in [4.69, 9.17) is 0 Å². The molecule has 42 valence electrons. The lowest BCUT2D eigenvalue weighted by molar-refractivity contribution is -0.112. The Kier molecular flexibility index (Phi) is 0.750. The van der Waals surface area contributed by atoms with Gasteiger partial charge in [-0.3, -0.25) is 10.1 Å². The van der Waals surface area contributed by atoms with Crippen LogP contribution in [0.4, 0.5) is 0 Å². The fraction of sp³-hybridized carbons (Fsp3) is 0.500. The molecule has 0 aliphatic carbocycles. The van der Waals surface area contributed by atoms with E-state index >= 15 is 0 Å². The van der Waals surface area contributed by atoms with E-state index in [1.165, 1.54) is 11.8 Å². The molecule has 1 N–H and O–H groups in total. The first-order valence-corrected chi connectivity index (χ1v) is 3.25. The molecule has 0 amide bonds. The number of hydrogen-bond acceptors (Lipinski definition) is 4. The Bertz CT molecular complexity index is 177. The summed E-state index contributed by atoms with van der Waals surface area (Å²) in [5, 5.41) is 3.63. The molecule has 1 atom stereocenters. The lowest BCUT2D eigenvalue weighted by Crippen LogP contribution is -2.47. The number of ketones is 1. The summed E-state index contributed by atoms with van der Waals surface area (Å²) in [6.07, 6.45) is 0. The molecule has 8 heavy (non-hydrogen) atoms. The van der Waals surface area contributed by atoms with Crippen LogP contribution in [-0.4, -0.2) is 22.9 Å². The first-order chi connectivity index (χ1) is 3.86. The smallest absolute Gasteiger partial charge is 0.201 e. The highest BCUT2D eigenvalue weighted by Gasteiger charge is 2.32. The van der Waals surface area contributed by atoms with Crippen LogP contribution >= 0.6 is 11.8 Å². The van der Waals surface area contributed by atoms with Gasteiger partial charge >= 0.3 is 0 Å².